The zero-order valence-corrected chi connectivity index (χ0v) is 6.49. The van der Waals surface area contributed by atoms with E-state index in [1.807, 2.05) is 30.3 Å². The SMILES string of the molecule is c1ccc(Nc2ncc[nH]2)cc1. The molecule has 0 aliphatic heterocycles. The third-order valence-electron chi connectivity index (χ3n) is 1.53. The first-order valence-corrected chi connectivity index (χ1v) is 3.76. The monoisotopic (exact) mass is 159 g/mol. The van der Waals surface area contributed by atoms with E-state index >= 15 is 0 Å². The largest absolute Gasteiger partial charge is 0.331 e. The molecule has 0 atom stereocenters. The van der Waals surface area contributed by atoms with Crippen LogP contribution in [0, 0.1) is 0 Å². The number of anilines is 2. The van der Waals surface area contributed by atoms with Crippen molar-refractivity contribution in [3.8, 4) is 0 Å². The molecule has 0 bridgehead atoms. The van der Waals surface area contributed by atoms with E-state index in [0.29, 0.717) is 0 Å². The van der Waals surface area contributed by atoms with Crippen LogP contribution in [-0.2, 0) is 0 Å². The summed E-state index contributed by atoms with van der Waals surface area (Å²) in [6, 6.07) is 9.91. The van der Waals surface area contributed by atoms with Crippen LogP contribution < -0.4 is 5.32 Å². The van der Waals surface area contributed by atoms with E-state index in [1.54, 1.807) is 12.4 Å². The van der Waals surface area contributed by atoms with Crippen LogP contribution in [0.2, 0.25) is 0 Å². The molecule has 0 saturated carbocycles. The summed E-state index contributed by atoms with van der Waals surface area (Å²) >= 11 is 0. The zero-order valence-electron chi connectivity index (χ0n) is 6.49. The summed E-state index contributed by atoms with van der Waals surface area (Å²) in [5.41, 5.74) is 1.03. The van der Waals surface area contributed by atoms with Gasteiger partial charge in [0.1, 0.15) is 0 Å². The molecule has 2 rings (SSSR count). The molecule has 1 aromatic heterocycles. The Bertz CT molecular complexity index is 326. The summed E-state index contributed by atoms with van der Waals surface area (Å²) in [5.74, 6) is 0.765. The fraction of sp³-hybridized carbons (Fsp3) is 0. The van der Waals surface area contributed by atoms with Gasteiger partial charge in [0.05, 0.1) is 0 Å². The molecule has 0 amide bonds. The molecule has 1 aromatic carbocycles. The number of aromatic nitrogens is 2. The zero-order chi connectivity index (χ0) is 8.23. The van der Waals surface area contributed by atoms with Crippen LogP contribution in [0.5, 0.6) is 0 Å². The summed E-state index contributed by atoms with van der Waals surface area (Å²) < 4.78 is 0. The van der Waals surface area contributed by atoms with E-state index in [2.05, 4.69) is 15.3 Å². The molecule has 0 aliphatic rings. The normalized spacial score (nSPS) is 9.67. The molecule has 60 valence electrons. The molecule has 0 unspecified atom stereocenters. The topological polar surface area (TPSA) is 40.7 Å². The number of rotatable bonds is 2. The lowest BCUT2D eigenvalue weighted by Crippen LogP contribution is -1.90. The van der Waals surface area contributed by atoms with Crippen LogP contribution >= 0.6 is 0 Å². The van der Waals surface area contributed by atoms with Crippen LogP contribution in [0.1, 0.15) is 0 Å². The number of benzene rings is 1. The number of nitrogens with one attached hydrogen (secondary N) is 2. The van der Waals surface area contributed by atoms with Crippen LogP contribution in [0.15, 0.2) is 42.7 Å². The Kier molecular flexibility index (Phi) is 1.78. The van der Waals surface area contributed by atoms with Crippen molar-refractivity contribution in [1.82, 2.24) is 9.97 Å². The van der Waals surface area contributed by atoms with Crippen LogP contribution in [0.25, 0.3) is 0 Å². The Morgan fingerprint density at radius 2 is 2.00 bits per heavy atom. The molecule has 3 heteroatoms. The number of imidazole rings is 1. The van der Waals surface area contributed by atoms with Crippen LogP contribution in [0.3, 0.4) is 0 Å². The number of H-pyrrole nitrogens is 1. The third-order valence-corrected chi connectivity index (χ3v) is 1.53. The van der Waals surface area contributed by atoms with E-state index in [0.717, 1.165) is 11.6 Å². The highest BCUT2D eigenvalue weighted by Crippen LogP contribution is 2.10. The minimum absolute atomic E-state index is 0.765. The van der Waals surface area contributed by atoms with Gasteiger partial charge in [-0.1, -0.05) is 18.2 Å². The number of nitrogens with zero attached hydrogens (tertiary/aromatic N) is 1. The molecular weight excluding hydrogens is 150 g/mol. The first-order valence-electron chi connectivity index (χ1n) is 3.76. The van der Waals surface area contributed by atoms with Gasteiger partial charge in [0.2, 0.25) is 5.95 Å². The van der Waals surface area contributed by atoms with Gasteiger partial charge >= 0.3 is 0 Å². The lowest BCUT2D eigenvalue weighted by Gasteiger charge is -2.00. The maximum absolute atomic E-state index is 4.04. The Hall–Kier alpha value is -1.77. The molecule has 2 N–H and O–H groups in total. The van der Waals surface area contributed by atoms with Gasteiger partial charge in [-0.15, -0.1) is 0 Å². The fourth-order valence-corrected chi connectivity index (χ4v) is 0.992. The number of hydrogen-bond acceptors (Lipinski definition) is 2. The van der Waals surface area contributed by atoms with Gasteiger partial charge in [-0.3, -0.25) is 0 Å². The van der Waals surface area contributed by atoms with Gasteiger partial charge < -0.3 is 10.3 Å². The van der Waals surface area contributed by atoms with Gasteiger partial charge in [0.25, 0.3) is 0 Å². The standard InChI is InChI=1S/C9H9N3/c1-2-4-8(5-3-1)12-9-10-6-7-11-9/h1-7H,(H2,10,11,12). The minimum Gasteiger partial charge on any atom is -0.331 e. The molecule has 0 saturated heterocycles. The summed E-state index contributed by atoms with van der Waals surface area (Å²) in [7, 11) is 0. The van der Waals surface area contributed by atoms with Crippen LogP contribution in [-0.4, -0.2) is 9.97 Å². The number of aromatic amines is 1. The van der Waals surface area contributed by atoms with Crippen molar-refractivity contribution >= 4 is 11.6 Å². The Balaban J connectivity index is 2.15. The van der Waals surface area contributed by atoms with Gasteiger partial charge in [0.15, 0.2) is 0 Å². The number of hydrogen-bond donors (Lipinski definition) is 2. The van der Waals surface area contributed by atoms with Gasteiger partial charge in [-0.2, -0.15) is 0 Å². The van der Waals surface area contributed by atoms with Gasteiger partial charge in [0, 0.05) is 18.1 Å². The molecule has 0 fully saturated rings. The van der Waals surface area contributed by atoms with Crippen molar-refractivity contribution in [2.24, 2.45) is 0 Å². The van der Waals surface area contributed by atoms with E-state index in [4.69, 9.17) is 0 Å². The summed E-state index contributed by atoms with van der Waals surface area (Å²) in [6.07, 6.45) is 3.50. The number of para-hydroxylation sites is 1. The predicted octanol–water partition coefficient (Wildman–Crippen LogP) is 2.15. The highest BCUT2D eigenvalue weighted by molar-refractivity contribution is 5.52. The fourth-order valence-electron chi connectivity index (χ4n) is 0.992. The lowest BCUT2D eigenvalue weighted by molar-refractivity contribution is 1.29. The van der Waals surface area contributed by atoms with Crippen molar-refractivity contribution in [2.75, 3.05) is 5.32 Å². The average Bonchev–Trinajstić information content (AvgIpc) is 2.59. The molecule has 0 spiro atoms. The molecule has 0 radical (unpaired) electrons. The van der Waals surface area contributed by atoms with Crippen LogP contribution in [0.4, 0.5) is 11.6 Å². The molecule has 3 nitrogen and oxygen atoms in total. The third kappa shape index (κ3) is 1.45. The first kappa shape index (κ1) is 6.91. The molecule has 1 heterocycles. The van der Waals surface area contributed by atoms with Gasteiger partial charge in [-0.25, -0.2) is 4.98 Å². The highest BCUT2D eigenvalue weighted by Gasteiger charge is 1.92. The Morgan fingerprint density at radius 1 is 1.17 bits per heavy atom. The summed E-state index contributed by atoms with van der Waals surface area (Å²) in [5, 5.41) is 3.12. The Morgan fingerprint density at radius 3 is 2.67 bits per heavy atom. The van der Waals surface area contributed by atoms with E-state index in [-0.39, 0.29) is 0 Å². The predicted molar refractivity (Wildman–Crippen MR) is 48.3 cm³/mol. The average molecular weight is 159 g/mol. The quantitative estimate of drug-likeness (QED) is 0.704. The minimum atomic E-state index is 0.765. The summed E-state index contributed by atoms with van der Waals surface area (Å²) in [4.78, 5) is 7.01. The van der Waals surface area contributed by atoms with Crippen molar-refractivity contribution in [3.05, 3.63) is 42.7 Å². The maximum Gasteiger partial charge on any atom is 0.204 e. The molecular formula is C9H9N3. The van der Waals surface area contributed by atoms with Gasteiger partial charge in [-0.05, 0) is 12.1 Å². The van der Waals surface area contributed by atoms with Crippen molar-refractivity contribution < 1.29 is 0 Å². The van der Waals surface area contributed by atoms with E-state index in [9.17, 15) is 0 Å². The van der Waals surface area contributed by atoms with Crippen molar-refractivity contribution in [2.45, 2.75) is 0 Å². The second-order valence-corrected chi connectivity index (χ2v) is 2.43. The smallest absolute Gasteiger partial charge is 0.204 e. The van der Waals surface area contributed by atoms with E-state index in [1.165, 1.54) is 0 Å². The second kappa shape index (κ2) is 3.09. The molecule has 12 heavy (non-hydrogen) atoms. The maximum atomic E-state index is 4.04. The second-order valence-electron chi connectivity index (χ2n) is 2.43. The van der Waals surface area contributed by atoms with Crippen molar-refractivity contribution in [3.63, 3.8) is 0 Å². The summed E-state index contributed by atoms with van der Waals surface area (Å²) in [6.45, 7) is 0. The first-order chi connectivity index (χ1) is 5.95. The molecule has 2 aromatic rings. The lowest BCUT2D eigenvalue weighted by atomic mass is 10.3. The Labute approximate surface area is 70.5 Å². The molecule has 0 aliphatic carbocycles. The highest BCUT2D eigenvalue weighted by atomic mass is 15.1. The van der Waals surface area contributed by atoms with Crippen molar-refractivity contribution in [1.29, 1.82) is 0 Å². The van der Waals surface area contributed by atoms with E-state index < -0.39 is 0 Å².